The number of carbonyl (C=O) groups is 1. The first-order valence-corrected chi connectivity index (χ1v) is 8.68. The Morgan fingerprint density at radius 2 is 2.08 bits per heavy atom. The lowest BCUT2D eigenvalue weighted by atomic mass is 9.99. The smallest absolute Gasteiger partial charge is 0.317 e. The number of pyridine rings is 1. The molecular weight excluding hydrogens is 328 g/mol. The largest absolute Gasteiger partial charge is 0.334 e. The molecule has 132 valence electrons. The van der Waals surface area contributed by atoms with E-state index in [1.807, 2.05) is 35.2 Å². The van der Waals surface area contributed by atoms with E-state index in [1.165, 1.54) is 11.9 Å². The molecule has 1 aliphatic heterocycles. The molecule has 7 nitrogen and oxygen atoms in total. The molecule has 2 aromatic heterocycles. The molecule has 0 aliphatic carbocycles. The summed E-state index contributed by atoms with van der Waals surface area (Å²) in [4.78, 5) is 22.7. The number of carbonyl (C=O) groups excluding carboxylic acids is 1. The van der Waals surface area contributed by atoms with Gasteiger partial charge in [0, 0.05) is 37.3 Å². The van der Waals surface area contributed by atoms with Gasteiger partial charge in [-0.25, -0.2) is 19.4 Å². The van der Waals surface area contributed by atoms with Crippen molar-refractivity contribution in [3.8, 4) is 5.82 Å². The molecule has 4 rings (SSSR count). The summed E-state index contributed by atoms with van der Waals surface area (Å²) >= 11 is 0. The highest BCUT2D eigenvalue weighted by molar-refractivity contribution is 5.74. The van der Waals surface area contributed by atoms with Crippen LogP contribution in [0.1, 0.15) is 23.5 Å². The predicted octanol–water partition coefficient (Wildman–Crippen LogP) is 2.36. The molecule has 1 saturated heterocycles. The number of benzene rings is 1. The van der Waals surface area contributed by atoms with Crippen LogP contribution in [0, 0.1) is 0 Å². The minimum Gasteiger partial charge on any atom is -0.334 e. The second kappa shape index (κ2) is 7.35. The quantitative estimate of drug-likeness (QED) is 0.785. The normalized spacial score (nSPS) is 16.6. The first-order valence-electron chi connectivity index (χ1n) is 8.68. The number of amides is 2. The monoisotopic (exact) mass is 348 g/mol. The van der Waals surface area contributed by atoms with E-state index in [-0.39, 0.29) is 6.03 Å². The summed E-state index contributed by atoms with van der Waals surface area (Å²) in [5.41, 5.74) is 2.19. The van der Waals surface area contributed by atoms with E-state index in [0.29, 0.717) is 18.3 Å². The Labute approximate surface area is 151 Å². The maximum Gasteiger partial charge on any atom is 0.317 e. The van der Waals surface area contributed by atoms with E-state index in [1.54, 1.807) is 17.2 Å². The van der Waals surface area contributed by atoms with Crippen LogP contribution in [-0.4, -0.2) is 43.8 Å². The summed E-state index contributed by atoms with van der Waals surface area (Å²) in [6.45, 7) is 1.92. The number of hydrogen-bond donors (Lipinski definition) is 1. The molecule has 0 radical (unpaired) electrons. The summed E-state index contributed by atoms with van der Waals surface area (Å²) < 4.78 is 1.60. The fourth-order valence-corrected chi connectivity index (χ4v) is 3.32. The van der Waals surface area contributed by atoms with Gasteiger partial charge in [0.05, 0.1) is 0 Å². The molecule has 1 fully saturated rings. The number of nitrogens with zero attached hydrogens (tertiary/aromatic N) is 5. The Balaban J connectivity index is 1.38. The van der Waals surface area contributed by atoms with Crippen molar-refractivity contribution in [2.24, 2.45) is 0 Å². The summed E-state index contributed by atoms with van der Waals surface area (Å²) in [5.74, 6) is 1.08. The molecule has 1 aromatic carbocycles. The summed E-state index contributed by atoms with van der Waals surface area (Å²) in [5, 5.41) is 7.12. The zero-order valence-corrected chi connectivity index (χ0v) is 14.3. The van der Waals surface area contributed by atoms with Crippen LogP contribution < -0.4 is 5.32 Å². The minimum absolute atomic E-state index is 0.0446. The maximum absolute atomic E-state index is 12.6. The average Bonchev–Trinajstić information content (AvgIpc) is 3.39. The highest BCUT2D eigenvalue weighted by atomic mass is 16.2. The Hall–Kier alpha value is -3.22. The number of urea groups is 1. The van der Waals surface area contributed by atoms with E-state index in [9.17, 15) is 4.79 Å². The zero-order chi connectivity index (χ0) is 17.8. The standard InChI is InChI=1S/C19H20N6O/c26-19(24-10-8-17(12-24)15-5-2-1-3-6-15)22-11-16-7-4-9-21-18(16)25-14-20-13-23-25/h1-7,9,13-14,17H,8,10-12H2,(H,22,26). The van der Waals surface area contributed by atoms with Crippen molar-refractivity contribution in [2.75, 3.05) is 13.1 Å². The number of rotatable bonds is 4. The van der Waals surface area contributed by atoms with E-state index in [4.69, 9.17) is 0 Å². The van der Waals surface area contributed by atoms with Gasteiger partial charge in [0.2, 0.25) is 0 Å². The summed E-state index contributed by atoms with van der Waals surface area (Å²) in [6, 6.07) is 14.1. The molecule has 26 heavy (non-hydrogen) atoms. The van der Waals surface area contributed by atoms with Crippen LogP contribution in [0.3, 0.4) is 0 Å². The average molecular weight is 348 g/mol. The fourth-order valence-electron chi connectivity index (χ4n) is 3.32. The van der Waals surface area contributed by atoms with Gasteiger partial charge >= 0.3 is 6.03 Å². The van der Waals surface area contributed by atoms with Crippen molar-refractivity contribution in [1.82, 2.24) is 30.0 Å². The van der Waals surface area contributed by atoms with Crippen molar-refractivity contribution in [2.45, 2.75) is 18.9 Å². The first kappa shape index (κ1) is 16.3. The van der Waals surface area contributed by atoms with Crippen LogP contribution in [0.2, 0.25) is 0 Å². The first-order chi connectivity index (χ1) is 12.8. The Morgan fingerprint density at radius 1 is 1.19 bits per heavy atom. The van der Waals surface area contributed by atoms with Gasteiger partial charge in [-0.3, -0.25) is 0 Å². The third-order valence-electron chi connectivity index (χ3n) is 4.68. The molecular formula is C19H20N6O. The Morgan fingerprint density at radius 3 is 2.88 bits per heavy atom. The topological polar surface area (TPSA) is 75.9 Å². The van der Waals surface area contributed by atoms with Crippen LogP contribution in [-0.2, 0) is 6.54 Å². The molecule has 7 heteroatoms. The second-order valence-corrected chi connectivity index (χ2v) is 6.33. The highest BCUT2D eigenvalue weighted by Gasteiger charge is 2.27. The van der Waals surface area contributed by atoms with Gasteiger partial charge in [0.15, 0.2) is 5.82 Å². The van der Waals surface area contributed by atoms with Crippen molar-refractivity contribution in [3.63, 3.8) is 0 Å². The van der Waals surface area contributed by atoms with Crippen LogP contribution in [0.15, 0.2) is 61.3 Å². The van der Waals surface area contributed by atoms with Gasteiger partial charge in [-0.05, 0) is 18.1 Å². The lowest BCUT2D eigenvalue weighted by molar-refractivity contribution is 0.208. The molecule has 3 aromatic rings. The van der Waals surface area contributed by atoms with E-state index >= 15 is 0 Å². The molecule has 3 heterocycles. The molecule has 1 atom stereocenters. The van der Waals surface area contributed by atoms with Crippen LogP contribution >= 0.6 is 0 Å². The van der Waals surface area contributed by atoms with E-state index < -0.39 is 0 Å². The number of nitrogens with one attached hydrogen (secondary N) is 1. The van der Waals surface area contributed by atoms with Crippen molar-refractivity contribution < 1.29 is 4.79 Å². The SMILES string of the molecule is O=C(NCc1cccnc1-n1cncn1)N1CCC(c2ccccc2)C1. The Bertz CT molecular complexity index is 865. The van der Waals surface area contributed by atoms with Crippen LogP contribution in [0.25, 0.3) is 5.82 Å². The molecule has 1 N–H and O–H groups in total. The Kier molecular flexibility index (Phi) is 4.59. The predicted molar refractivity (Wildman–Crippen MR) is 96.8 cm³/mol. The lowest BCUT2D eigenvalue weighted by Crippen LogP contribution is -2.38. The maximum atomic E-state index is 12.6. The van der Waals surface area contributed by atoms with E-state index in [2.05, 4.69) is 32.5 Å². The van der Waals surface area contributed by atoms with Crippen molar-refractivity contribution >= 4 is 6.03 Å². The molecule has 0 saturated carbocycles. The second-order valence-electron chi connectivity index (χ2n) is 6.33. The van der Waals surface area contributed by atoms with Gasteiger partial charge in [-0.15, -0.1) is 0 Å². The number of aromatic nitrogens is 4. The van der Waals surface area contributed by atoms with Crippen LogP contribution in [0.4, 0.5) is 4.79 Å². The van der Waals surface area contributed by atoms with E-state index in [0.717, 1.165) is 25.1 Å². The van der Waals surface area contributed by atoms with Gasteiger partial charge in [0.1, 0.15) is 12.7 Å². The lowest BCUT2D eigenvalue weighted by Gasteiger charge is -2.18. The van der Waals surface area contributed by atoms with Gasteiger partial charge in [-0.2, -0.15) is 5.10 Å². The molecule has 0 bridgehead atoms. The summed E-state index contributed by atoms with van der Waals surface area (Å²) in [6.07, 6.45) is 5.76. The molecule has 1 aliphatic rings. The third-order valence-corrected chi connectivity index (χ3v) is 4.68. The van der Waals surface area contributed by atoms with Gasteiger partial charge in [-0.1, -0.05) is 36.4 Å². The fraction of sp³-hybridized carbons (Fsp3) is 0.263. The van der Waals surface area contributed by atoms with Crippen molar-refractivity contribution in [1.29, 1.82) is 0 Å². The minimum atomic E-state index is -0.0446. The van der Waals surface area contributed by atoms with Gasteiger partial charge < -0.3 is 10.2 Å². The third kappa shape index (κ3) is 3.42. The van der Waals surface area contributed by atoms with Crippen LogP contribution in [0.5, 0.6) is 0 Å². The molecule has 0 spiro atoms. The highest BCUT2D eigenvalue weighted by Crippen LogP contribution is 2.26. The number of likely N-dealkylation sites (tertiary alicyclic amines) is 1. The number of hydrogen-bond acceptors (Lipinski definition) is 4. The van der Waals surface area contributed by atoms with Crippen molar-refractivity contribution in [3.05, 3.63) is 72.4 Å². The van der Waals surface area contributed by atoms with Gasteiger partial charge in [0.25, 0.3) is 0 Å². The summed E-state index contributed by atoms with van der Waals surface area (Å²) in [7, 11) is 0. The molecule has 1 unspecified atom stereocenters. The molecule has 2 amide bonds. The zero-order valence-electron chi connectivity index (χ0n) is 14.3.